The van der Waals surface area contributed by atoms with Gasteiger partial charge in [-0.05, 0) is 72.5 Å². The molecule has 0 fully saturated rings. The third kappa shape index (κ3) is 4.27. The maximum Gasteiger partial charge on any atom is 0.164 e. The average molecular weight is 545 g/mol. The van der Waals surface area contributed by atoms with Gasteiger partial charge in [0.2, 0.25) is 0 Å². The summed E-state index contributed by atoms with van der Waals surface area (Å²) in [5, 5.41) is 0. The van der Waals surface area contributed by atoms with Gasteiger partial charge in [-0.15, -0.1) is 0 Å². The Kier molecular flexibility index (Phi) is 6.20. The molecule has 0 saturated carbocycles. The van der Waals surface area contributed by atoms with E-state index in [1.807, 2.05) is 24.3 Å². The van der Waals surface area contributed by atoms with Gasteiger partial charge in [-0.1, -0.05) is 98.8 Å². The quantitative estimate of drug-likeness (QED) is 0.222. The van der Waals surface area contributed by atoms with Gasteiger partial charge in [0.25, 0.3) is 0 Å². The third-order valence-corrected chi connectivity index (χ3v) is 8.43. The van der Waals surface area contributed by atoms with Crippen LogP contribution >= 0.6 is 0 Å². The Hall–Kier alpha value is -5.09. The number of para-hydroxylation sites is 2. The van der Waals surface area contributed by atoms with Crippen molar-refractivity contribution < 1.29 is 0 Å². The highest BCUT2D eigenvalue weighted by Crippen LogP contribution is 2.51. The minimum atomic E-state index is -0.0908. The van der Waals surface area contributed by atoms with E-state index >= 15 is 0 Å². The van der Waals surface area contributed by atoms with E-state index in [4.69, 9.17) is 15.0 Å². The van der Waals surface area contributed by atoms with Crippen LogP contribution in [-0.4, -0.2) is 15.0 Å². The van der Waals surface area contributed by atoms with Crippen LogP contribution in [-0.2, 0) is 5.41 Å². The fourth-order valence-electron chi connectivity index (χ4n) is 6.10. The SMILES string of the molecule is Cc1ccccc1-c1nc(-c2ccc(N3c4ccccc4C(C)(C)c4ccccc43)cc2)nc(-c2ccccc2C)n1. The number of fused-ring (bicyclic) bond motifs is 2. The zero-order valence-electron chi connectivity index (χ0n) is 24.3. The molecule has 0 bridgehead atoms. The van der Waals surface area contributed by atoms with Crippen LogP contribution in [0.3, 0.4) is 0 Å². The molecule has 5 aromatic carbocycles. The minimum Gasteiger partial charge on any atom is -0.310 e. The largest absolute Gasteiger partial charge is 0.310 e. The summed E-state index contributed by atoms with van der Waals surface area (Å²) >= 11 is 0. The standard InChI is InChI=1S/C38H32N4/c1-25-13-5-7-15-29(25)36-39-35(40-37(41-36)30-16-8-6-14-26(30)2)27-21-23-28(24-22-27)42-33-19-11-9-17-31(33)38(3,4)32-18-10-12-20-34(32)42/h5-24H,1-4H3. The smallest absolute Gasteiger partial charge is 0.164 e. The Balaban J connectivity index is 1.36. The van der Waals surface area contributed by atoms with Crippen molar-refractivity contribution in [3.8, 4) is 34.2 Å². The number of benzene rings is 5. The summed E-state index contributed by atoms with van der Waals surface area (Å²) in [4.78, 5) is 17.3. The molecule has 4 nitrogen and oxygen atoms in total. The highest BCUT2D eigenvalue weighted by atomic mass is 15.2. The van der Waals surface area contributed by atoms with Gasteiger partial charge in [0.05, 0.1) is 11.4 Å². The van der Waals surface area contributed by atoms with Gasteiger partial charge in [0, 0.05) is 27.8 Å². The van der Waals surface area contributed by atoms with Crippen molar-refractivity contribution in [2.75, 3.05) is 4.90 Å². The van der Waals surface area contributed by atoms with Crippen LogP contribution in [0.15, 0.2) is 121 Å². The molecule has 7 rings (SSSR count). The Bertz CT molecular complexity index is 1830. The summed E-state index contributed by atoms with van der Waals surface area (Å²) in [5.74, 6) is 2.02. The van der Waals surface area contributed by atoms with Gasteiger partial charge in [-0.2, -0.15) is 0 Å². The second kappa shape index (κ2) is 10.1. The molecule has 0 amide bonds. The van der Waals surface area contributed by atoms with Crippen molar-refractivity contribution in [2.24, 2.45) is 0 Å². The van der Waals surface area contributed by atoms with Gasteiger partial charge in [-0.25, -0.2) is 15.0 Å². The lowest BCUT2D eigenvalue weighted by Gasteiger charge is -2.42. The first-order chi connectivity index (χ1) is 20.4. The molecule has 42 heavy (non-hydrogen) atoms. The van der Waals surface area contributed by atoms with Crippen molar-refractivity contribution in [2.45, 2.75) is 33.1 Å². The average Bonchev–Trinajstić information content (AvgIpc) is 3.02. The van der Waals surface area contributed by atoms with Crippen LogP contribution in [0.4, 0.5) is 17.1 Å². The van der Waals surface area contributed by atoms with Crippen molar-refractivity contribution in [1.29, 1.82) is 0 Å². The third-order valence-electron chi connectivity index (χ3n) is 8.43. The summed E-state index contributed by atoms with van der Waals surface area (Å²) in [5.41, 5.74) is 11.3. The fourth-order valence-corrected chi connectivity index (χ4v) is 6.10. The van der Waals surface area contributed by atoms with E-state index in [9.17, 15) is 0 Å². The molecule has 0 unspecified atom stereocenters. The maximum absolute atomic E-state index is 4.99. The van der Waals surface area contributed by atoms with E-state index < -0.39 is 0 Å². The Labute approximate surface area is 247 Å². The monoisotopic (exact) mass is 544 g/mol. The second-order valence-electron chi connectivity index (χ2n) is 11.5. The Morgan fingerprint density at radius 2 is 0.905 bits per heavy atom. The van der Waals surface area contributed by atoms with E-state index in [-0.39, 0.29) is 5.41 Å². The van der Waals surface area contributed by atoms with Crippen LogP contribution in [0.1, 0.15) is 36.1 Å². The molecule has 0 saturated heterocycles. The molecule has 0 aliphatic carbocycles. The molecule has 0 atom stereocenters. The van der Waals surface area contributed by atoms with E-state index in [0.717, 1.165) is 33.5 Å². The predicted molar refractivity (Wildman–Crippen MR) is 172 cm³/mol. The first-order valence-electron chi connectivity index (χ1n) is 14.4. The van der Waals surface area contributed by atoms with Gasteiger partial charge in [0.15, 0.2) is 17.5 Å². The molecule has 2 heterocycles. The van der Waals surface area contributed by atoms with Crippen molar-refractivity contribution in [3.05, 3.63) is 144 Å². The highest BCUT2D eigenvalue weighted by molar-refractivity contribution is 5.86. The molecule has 4 heteroatoms. The van der Waals surface area contributed by atoms with Gasteiger partial charge >= 0.3 is 0 Å². The topological polar surface area (TPSA) is 41.9 Å². The summed E-state index contributed by atoms with van der Waals surface area (Å²) < 4.78 is 0. The number of aromatic nitrogens is 3. The lowest BCUT2D eigenvalue weighted by atomic mass is 9.73. The predicted octanol–water partition coefficient (Wildman–Crippen LogP) is 9.60. The number of hydrogen-bond donors (Lipinski definition) is 0. The van der Waals surface area contributed by atoms with Gasteiger partial charge in [0.1, 0.15) is 0 Å². The number of aryl methyl sites for hydroxylation is 2. The van der Waals surface area contributed by atoms with Crippen molar-refractivity contribution in [3.63, 3.8) is 0 Å². The van der Waals surface area contributed by atoms with Gasteiger partial charge in [-0.3, -0.25) is 0 Å². The van der Waals surface area contributed by atoms with E-state index in [0.29, 0.717) is 17.5 Å². The first kappa shape index (κ1) is 25.8. The normalized spacial score (nSPS) is 13.4. The molecule has 1 aliphatic heterocycles. The molecule has 204 valence electrons. The lowest BCUT2D eigenvalue weighted by molar-refractivity contribution is 0.632. The summed E-state index contributed by atoms with van der Waals surface area (Å²) in [6, 6.07) is 42.5. The summed E-state index contributed by atoms with van der Waals surface area (Å²) in [6.45, 7) is 8.81. The zero-order valence-corrected chi connectivity index (χ0v) is 24.3. The molecule has 0 N–H and O–H groups in total. The first-order valence-corrected chi connectivity index (χ1v) is 14.4. The van der Waals surface area contributed by atoms with E-state index in [1.54, 1.807) is 0 Å². The Morgan fingerprint density at radius 3 is 1.40 bits per heavy atom. The minimum absolute atomic E-state index is 0.0908. The molecule has 6 aromatic rings. The van der Waals surface area contributed by atoms with Crippen molar-refractivity contribution in [1.82, 2.24) is 15.0 Å². The Morgan fingerprint density at radius 1 is 0.476 bits per heavy atom. The van der Waals surface area contributed by atoms with Crippen LogP contribution in [0.2, 0.25) is 0 Å². The van der Waals surface area contributed by atoms with E-state index in [1.165, 1.54) is 22.5 Å². The van der Waals surface area contributed by atoms with Gasteiger partial charge < -0.3 is 4.90 Å². The van der Waals surface area contributed by atoms with Crippen molar-refractivity contribution >= 4 is 17.1 Å². The fraction of sp³-hybridized carbons (Fsp3) is 0.132. The molecule has 0 spiro atoms. The molecular weight excluding hydrogens is 512 g/mol. The lowest BCUT2D eigenvalue weighted by Crippen LogP contribution is -2.30. The summed E-state index contributed by atoms with van der Waals surface area (Å²) in [7, 11) is 0. The number of anilines is 3. The summed E-state index contributed by atoms with van der Waals surface area (Å²) in [6.07, 6.45) is 0. The molecule has 1 aliphatic rings. The number of rotatable bonds is 4. The molecule has 0 radical (unpaired) electrons. The van der Waals surface area contributed by atoms with E-state index in [2.05, 4.69) is 130 Å². The second-order valence-corrected chi connectivity index (χ2v) is 11.5. The number of hydrogen-bond acceptors (Lipinski definition) is 4. The van der Waals surface area contributed by atoms with Crippen LogP contribution in [0.5, 0.6) is 0 Å². The van der Waals surface area contributed by atoms with Crippen LogP contribution < -0.4 is 4.90 Å². The van der Waals surface area contributed by atoms with Crippen LogP contribution in [0.25, 0.3) is 34.2 Å². The van der Waals surface area contributed by atoms with Crippen LogP contribution in [0, 0.1) is 13.8 Å². The molecular formula is C38H32N4. The maximum atomic E-state index is 4.99. The highest BCUT2D eigenvalue weighted by Gasteiger charge is 2.36. The number of nitrogens with zero attached hydrogens (tertiary/aromatic N) is 4. The zero-order chi connectivity index (χ0) is 28.8. The molecule has 1 aromatic heterocycles.